The Morgan fingerprint density at radius 1 is 1.22 bits per heavy atom. The van der Waals surface area contributed by atoms with Crippen molar-refractivity contribution in [2.75, 3.05) is 19.7 Å². The van der Waals surface area contributed by atoms with Crippen LogP contribution >= 0.6 is 46.4 Å². The lowest BCUT2D eigenvalue weighted by molar-refractivity contribution is -0.136. The van der Waals surface area contributed by atoms with E-state index in [1.54, 1.807) is 4.90 Å². The molecule has 126 valence electrons. The van der Waals surface area contributed by atoms with Crippen LogP contribution in [-0.4, -0.2) is 41.5 Å². The van der Waals surface area contributed by atoms with Crippen LogP contribution in [0.2, 0.25) is 20.2 Å². The van der Waals surface area contributed by atoms with Crippen LogP contribution < -0.4 is 0 Å². The number of ether oxygens (including phenoxy) is 1. The smallest absolute Gasteiger partial charge is 0.359 e. The number of piperidine rings is 1. The number of aromatic nitrogens is 1. The number of hydrogen-bond donors (Lipinski definition) is 0. The fourth-order valence-corrected chi connectivity index (χ4v) is 3.13. The van der Waals surface area contributed by atoms with Crippen molar-refractivity contribution in [1.29, 1.82) is 0 Å². The quantitative estimate of drug-likeness (QED) is 0.566. The van der Waals surface area contributed by atoms with Gasteiger partial charge in [0, 0.05) is 13.1 Å². The number of halogens is 4. The molecule has 0 spiro atoms. The molecule has 1 aromatic rings. The third kappa shape index (κ3) is 4.41. The number of rotatable bonds is 3. The molecule has 0 unspecified atom stereocenters. The molecular formula is C14H14Cl4N2O3. The van der Waals surface area contributed by atoms with Crippen molar-refractivity contribution in [3.05, 3.63) is 25.9 Å². The summed E-state index contributed by atoms with van der Waals surface area (Å²) in [6.07, 6.45) is 2.03. The molecule has 0 aromatic carbocycles. The van der Waals surface area contributed by atoms with Gasteiger partial charge in [-0.05, 0) is 18.8 Å². The highest BCUT2D eigenvalue weighted by Gasteiger charge is 2.25. The van der Waals surface area contributed by atoms with E-state index < -0.39 is 5.97 Å². The van der Waals surface area contributed by atoms with Crippen LogP contribution in [0.15, 0.2) is 0 Å². The molecule has 0 radical (unpaired) electrons. The SMILES string of the molecule is C[C@H]1CCCN(C(=O)COC(=O)c2nc(Cl)c(Cl)c(Cl)c2Cl)C1. The van der Waals surface area contributed by atoms with Crippen molar-refractivity contribution >= 4 is 58.3 Å². The molecule has 0 bridgehead atoms. The van der Waals surface area contributed by atoms with Gasteiger partial charge in [-0.25, -0.2) is 9.78 Å². The topological polar surface area (TPSA) is 59.5 Å². The summed E-state index contributed by atoms with van der Waals surface area (Å²) in [6, 6.07) is 0. The molecule has 1 atom stereocenters. The number of hydrogen-bond acceptors (Lipinski definition) is 4. The molecule has 2 rings (SSSR count). The lowest BCUT2D eigenvalue weighted by Crippen LogP contribution is -2.41. The first-order valence-electron chi connectivity index (χ1n) is 6.96. The Bertz CT molecular complexity index is 639. The number of nitrogens with zero attached hydrogens (tertiary/aromatic N) is 2. The van der Waals surface area contributed by atoms with E-state index in [2.05, 4.69) is 11.9 Å². The predicted molar refractivity (Wildman–Crippen MR) is 89.5 cm³/mol. The maximum absolute atomic E-state index is 12.1. The lowest BCUT2D eigenvalue weighted by Gasteiger charge is -2.30. The molecule has 0 aliphatic carbocycles. The van der Waals surface area contributed by atoms with Crippen LogP contribution in [0.25, 0.3) is 0 Å². The van der Waals surface area contributed by atoms with Gasteiger partial charge in [0.2, 0.25) is 0 Å². The molecule has 0 saturated carbocycles. The summed E-state index contributed by atoms with van der Waals surface area (Å²) in [5, 5.41) is -0.459. The third-order valence-corrected chi connectivity index (χ3v) is 5.19. The van der Waals surface area contributed by atoms with Gasteiger partial charge in [-0.1, -0.05) is 53.3 Å². The Hall–Kier alpha value is -0.750. The molecule has 2 heterocycles. The molecule has 5 nitrogen and oxygen atoms in total. The summed E-state index contributed by atoms with van der Waals surface area (Å²) in [6.45, 7) is 3.01. The summed E-state index contributed by atoms with van der Waals surface area (Å²) in [5.74, 6) is -0.700. The van der Waals surface area contributed by atoms with Crippen molar-refractivity contribution in [2.24, 2.45) is 5.92 Å². The Morgan fingerprint density at radius 3 is 2.57 bits per heavy atom. The van der Waals surface area contributed by atoms with Crippen LogP contribution in [0.1, 0.15) is 30.3 Å². The van der Waals surface area contributed by atoms with Crippen molar-refractivity contribution in [3.63, 3.8) is 0 Å². The van der Waals surface area contributed by atoms with Gasteiger partial charge in [-0.15, -0.1) is 0 Å². The second-order valence-electron chi connectivity index (χ2n) is 5.36. The van der Waals surface area contributed by atoms with Crippen LogP contribution in [-0.2, 0) is 9.53 Å². The number of carbonyl (C=O) groups excluding carboxylic acids is 2. The first kappa shape index (κ1) is 18.6. The Morgan fingerprint density at radius 2 is 1.91 bits per heavy atom. The van der Waals surface area contributed by atoms with Gasteiger partial charge >= 0.3 is 5.97 Å². The summed E-state index contributed by atoms with van der Waals surface area (Å²) in [5.41, 5.74) is -0.272. The van der Waals surface area contributed by atoms with Gasteiger partial charge in [0.15, 0.2) is 12.3 Å². The predicted octanol–water partition coefficient (Wildman–Crippen LogP) is 4.11. The van der Waals surface area contributed by atoms with E-state index in [0.29, 0.717) is 19.0 Å². The van der Waals surface area contributed by atoms with Crippen LogP contribution in [0.5, 0.6) is 0 Å². The zero-order valence-corrected chi connectivity index (χ0v) is 15.3. The third-order valence-electron chi connectivity index (χ3n) is 3.51. The van der Waals surface area contributed by atoms with Crippen LogP contribution in [0.3, 0.4) is 0 Å². The lowest BCUT2D eigenvalue weighted by atomic mass is 10.0. The van der Waals surface area contributed by atoms with Gasteiger partial charge in [0.05, 0.1) is 15.1 Å². The highest BCUT2D eigenvalue weighted by atomic mass is 35.5. The second kappa shape index (κ2) is 7.88. The van der Waals surface area contributed by atoms with Crippen LogP contribution in [0.4, 0.5) is 0 Å². The van der Waals surface area contributed by atoms with Crippen LogP contribution in [0, 0.1) is 5.92 Å². The largest absolute Gasteiger partial charge is 0.451 e. The summed E-state index contributed by atoms with van der Waals surface area (Å²) in [7, 11) is 0. The maximum Gasteiger partial charge on any atom is 0.359 e. The molecule has 0 N–H and O–H groups in total. The highest BCUT2D eigenvalue weighted by molar-refractivity contribution is 6.52. The number of amides is 1. The number of pyridine rings is 1. The van der Waals surface area contributed by atoms with E-state index in [1.165, 1.54) is 0 Å². The first-order valence-corrected chi connectivity index (χ1v) is 8.47. The zero-order chi connectivity index (χ0) is 17.1. The summed E-state index contributed by atoms with van der Waals surface area (Å²) >= 11 is 23.3. The van der Waals surface area contributed by atoms with Gasteiger partial charge < -0.3 is 9.64 Å². The number of likely N-dealkylation sites (tertiary alicyclic amines) is 1. The molecule has 9 heteroatoms. The molecule has 1 fully saturated rings. The Kier molecular flexibility index (Phi) is 6.37. The number of carbonyl (C=O) groups is 2. The van der Waals surface area contributed by atoms with E-state index >= 15 is 0 Å². The average molecular weight is 400 g/mol. The van der Waals surface area contributed by atoms with E-state index in [9.17, 15) is 9.59 Å². The highest BCUT2D eigenvalue weighted by Crippen LogP contribution is 2.36. The van der Waals surface area contributed by atoms with Crippen molar-refractivity contribution in [3.8, 4) is 0 Å². The second-order valence-corrected chi connectivity index (χ2v) is 6.85. The Balaban J connectivity index is 2.01. The zero-order valence-electron chi connectivity index (χ0n) is 12.2. The van der Waals surface area contributed by atoms with Gasteiger partial charge in [-0.2, -0.15) is 0 Å². The molecule has 23 heavy (non-hydrogen) atoms. The molecular weight excluding hydrogens is 386 g/mol. The van der Waals surface area contributed by atoms with Crippen molar-refractivity contribution < 1.29 is 14.3 Å². The van der Waals surface area contributed by atoms with Gasteiger partial charge in [0.25, 0.3) is 5.91 Å². The fraction of sp³-hybridized carbons (Fsp3) is 0.500. The minimum atomic E-state index is -0.881. The van der Waals surface area contributed by atoms with E-state index in [4.69, 9.17) is 51.1 Å². The first-order chi connectivity index (χ1) is 10.8. The monoisotopic (exact) mass is 398 g/mol. The average Bonchev–Trinajstić information content (AvgIpc) is 2.53. The van der Waals surface area contributed by atoms with Crippen molar-refractivity contribution in [1.82, 2.24) is 9.88 Å². The summed E-state index contributed by atoms with van der Waals surface area (Å²) in [4.78, 5) is 29.5. The molecule has 1 aromatic heterocycles. The fourth-order valence-electron chi connectivity index (χ4n) is 2.33. The van der Waals surface area contributed by atoms with Gasteiger partial charge in [-0.3, -0.25) is 4.79 Å². The van der Waals surface area contributed by atoms with E-state index in [0.717, 1.165) is 12.8 Å². The van der Waals surface area contributed by atoms with Crippen molar-refractivity contribution in [2.45, 2.75) is 19.8 Å². The minimum Gasteiger partial charge on any atom is -0.451 e. The minimum absolute atomic E-state index is 0.0479. The molecule has 1 amide bonds. The van der Waals surface area contributed by atoms with E-state index in [-0.39, 0.29) is 38.4 Å². The van der Waals surface area contributed by atoms with Gasteiger partial charge in [0.1, 0.15) is 5.15 Å². The maximum atomic E-state index is 12.1. The summed E-state index contributed by atoms with van der Waals surface area (Å²) < 4.78 is 4.97. The molecule has 1 saturated heterocycles. The normalized spacial score (nSPS) is 18.0. The standard InChI is InChI=1S/C14H14Cl4N2O3/c1-7-3-2-4-20(5-7)8(21)6-23-14(22)12-10(16)9(15)11(17)13(18)19-12/h7H,2-6H2,1H3/t7-/m0/s1. The molecule has 1 aliphatic rings. The number of esters is 1. The molecule has 1 aliphatic heterocycles. The van der Waals surface area contributed by atoms with E-state index in [1.807, 2.05) is 0 Å². The Labute approximate surface area is 153 Å².